The zero-order chi connectivity index (χ0) is 11.7. The first-order valence-corrected chi connectivity index (χ1v) is 5.61. The molecule has 84 valence electrons. The molecular formula is C9H6ClFN2O2S. The molecule has 0 amide bonds. The molecule has 0 saturated carbocycles. The summed E-state index contributed by atoms with van der Waals surface area (Å²) in [4.78, 5) is 19.0. The van der Waals surface area contributed by atoms with Gasteiger partial charge in [0.25, 0.3) is 0 Å². The quantitative estimate of drug-likeness (QED) is 0.473. The van der Waals surface area contributed by atoms with Crippen molar-refractivity contribution in [1.82, 2.24) is 9.97 Å². The minimum absolute atomic E-state index is 0.00528. The molecule has 0 aliphatic heterocycles. The van der Waals surface area contributed by atoms with Crippen molar-refractivity contribution in [2.75, 3.05) is 6.61 Å². The van der Waals surface area contributed by atoms with E-state index in [1.165, 1.54) is 6.07 Å². The van der Waals surface area contributed by atoms with E-state index < -0.39 is 12.0 Å². The first-order valence-electron chi connectivity index (χ1n) is 4.41. The molecule has 0 fully saturated rings. The minimum atomic E-state index is -0.908. The largest absolute Gasteiger partial charge is 0.462 e. The highest BCUT2D eigenvalue weighted by Crippen LogP contribution is 2.28. The number of aromatic nitrogens is 2. The van der Waals surface area contributed by atoms with Crippen LogP contribution in [0.25, 0.3) is 10.2 Å². The third kappa shape index (κ3) is 1.98. The maximum atomic E-state index is 12.8. The van der Waals surface area contributed by atoms with Crippen LogP contribution < -0.4 is 0 Å². The number of ether oxygens (including phenoxy) is 1. The number of nitrogens with zero attached hydrogens (tertiary/aromatic N) is 2. The van der Waals surface area contributed by atoms with Gasteiger partial charge in [-0.3, -0.25) is 0 Å². The van der Waals surface area contributed by atoms with Gasteiger partial charge in [-0.25, -0.2) is 4.79 Å². The lowest BCUT2D eigenvalue weighted by molar-refractivity contribution is 0.0532. The van der Waals surface area contributed by atoms with Gasteiger partial charge < -0.3 is 4.74 Å². The molecule has 0 radical (unpaired) electrons. The molecule has 0 N–H and O–H groups in total. The Morgan fingerprint density at radius 1 is 1.62 bits per heavy atom. The van der Waals surface area contributed by atoms with Crippen molar-refractivity contribution in [2.45, 2.75) is 6.92 Å². The van der Waals surface area contributed by atoms with Gasteiger partial charge in [0.1, 0.15) is 14.9 Å². The van der Waals surface area contributed by atoms with Crippen molar-refractivity contribution in [3.05, 3.63) is 22.2 Å². The van der Waals surface area contributed by atoms with Crippen LogP contribution in [0.5, 0.6) is 0 Å². The molecule has 0 aromatic carbocycles. The van der Waals surface area contributed by atoms with E-state index in [4.69, 9.17) is 16.3 Å². The maximum absolute atomic E-state index is 12.8. The van der Waals surface area contributed by atoms with E-state index in [1.54, 1.807) is 6.92 Å². The summed E-state index contributed by atoms with van der Waals surface area (Å²) in [5.41, 5.74) is 0. The first-order chi connectivity index (χ1) is 7.61. The Bertz CT molecular complexity index is 558. The summed E-state index contributed by atoms with van der Waals surface area (Å²) in [5.74, 6) is -0.470. The van der Waals surface area contributed by atoms with Crippen molar-refractivity contribution in [3.8, 4) is 0 Å². The molecule has 0 aliphatic rings. The summed E-state index contributed by atoms with van der Waals surface area (Å²) in [6, 6.07) is 1.50. The summed E-state index contributed by atoms with van der Waals surface area (Å²) in [7, 11) is 0. The number of fused-ring (bicyclic) bond motifs is 1. The predicted octanol–water partition coefficient (Wildman–Crippen LogP) is 2.66. The van der Waals surface area contributed by atoms with Crippen LogP contribution in [0.1, 0.15) is 16.6 Å². The molecule has 0 unspecified atom stereocenters. The van der Waals surface area contributed by atoms with Crippen LogP contribution in [0.4, 0.5) is 4.39 Å². The molecule has 2 aromatic rings. The lowest BCUT2D eigenvalue weighted by Gasteiger charge is -1.95. The van der Waals surface area contributed by atoms with Crippen LogP contribution in [0.2, 0.25) is 5.15 Å². The van der Waals surface area contributed by atoms with Crippen molar-refractivity contribution in [2.24, 2.45) is 0 Å². The Hall–Kier alpha value is -1.27. The van der Waals surface area contributed by atoms with Crippen molar-refractivity contribution < 1.29 is 13.9 Å². The van der Waals surface area contributed by atoms with Gasteiger partial charge in [0, 0.05) is 5.39 Å². The summed E-state index contributed by atoms with van der Waals surface area (Å²) >= 11 is 6.74. The zero-order valence-corrected chi connectivity index (χ0v) is 9.73. The second-order valence-corrected chi connectivity index (χ2v) is 4.22. The molecule has 2 rings (SSSR count). The molecule has 2 heterocycles. The summed E-state index contributed by atoms with van der Waals surface area (Å²) in [5, 5.41) is 0.449. The van der Waals surface area contributed by atoms with Gasteiger partial charge in [0.05, 0.1) is 6.61 Å². The minimum Gasteiger partial charge on any atom is -0.462 e. The summed E-state index contributed by atoms with van der Waals surface area (Å²) < 4.78 is 17.7. The Morgan fingerprint density at radius 3 is 3.06 bits per heavy atom. The molecule has 2 aromatic heterocycles. The second kappa shape index (κ2) is 4.31. The molecule has 4 nitrogen and oxygen atoms in total. The number of rotatable bonds is 2. The predicted molar refractivity (Wildman–Crippen MR) is 58.3 cm³/mol. The molecule has 0 bridgehead atoms. The molecule has 0 aliphatic carbocycles. The number of halogens is 2. The smallest absolute Gasteiger partial charge is 0.348 e. The topological polar surface area (TPSA) is 52.1 Å². The number of esters is 1. The Balaban J connectivity index is 2.51. The van der Waals surface area contributed by atoms with E-state index in [-0.39, 0.29) is 11.8 Å². The van der Waals surface area contributed by atoms with Crippen molar-refractivity contribution in [1.29, 1.82) is 0 Å². The summed E-state index contributed by atoms with van der Waals surface area (Å²) in [6.45, 7) is 1.98. The van der Waals surface area contributed by atoms with E-state index in [0.29, 0.717) is 15.1 Å². The highest BCUT2D eigenvalue weighted by atomic mass is 35.5. The number of thiophene rings is 1. The van der Waals surface area contributed by atoms with Crippen molar-refractivity contribution in [3.63, 3.8) is 0 Å². The third-order valence-corrected chi connectivity index (χ3v) is 3.09. The van der Waals surface area contributed by atoms with Crippen molar-refractivity contribution >= 4 is 39.1 Å². The lowest BCUT2D eigenvalue weighted by atomic mass is 10.4. The summed E-state index contributed by atoms with van der Waals surface area (Å²) in [6.07, 6.45) is -0.908. The molecule has 0 atom stereocenters. The lowest BCUT2D eigenvalue weighted by Crippen LogP contribution is -2.01. The number of carbonyl (C=O) groups is 1. The molecule has 0 spiro atoms. The van der Waals surface area contributed by atoms with Gasteiger partial charge in [0.2, 0.25) is 0 Å². The molecule has 16 heavy (non-hydrogen) atoms. The van der Waals surface area contributed by atoms with Crippen LogP contribution in [0, 0.1) is 6.08 Å². The van der Waals surface area contributed by atoms with Gasteiger partial charge in [0.15, 0.2) is 0 Å². The van der Waals surface area contributed by atoms with Crippen LogP contribution in [-0.4, -0.2) is 22.5 Å². The maximum Gasteiger partial charge on any atom is 0.348 e. The van der Waals surface area contributed by atoms with Gasteiger partial charge in [-0.2, -0.15) is 14.4 Å². The van der Waals surface area contributed by atoms with Gasteiger partial charge in [-0.05, 0) is 13.0 Å². The Labute approximate surface area is 99.0 Å². The molecule has 7 heteroatoms. The van der Waals surface area contributed by atoms with E-state index in [0.717, 1.165) is 11.3 Å². The van der Waals surface area contributed by atoms with Gasteiger partial charge >= 0.3 is 12.0 Å². The van der Waals surface area contributed by atoms with Crippen LogP contribution >= 0.6 is 22.9 Å². The SMILES string of the molecule is CCOC(=O)c1cc2c(Cl)nc(F)nc2s1. The second-order valence-electron chi connectivity index (χ2n) is 2.83. The van der Waals surface area contributed by atoms with E-state index in [2.05, 4.69) is 9.97 Å². The van der Waals surface area contributed by atoms with Gasteiger partial charge in [-0.1, -0.05) is 11.6 Å². The van der Waals surface area contributed by atoms with E-state index in [1.807, 2.05) is 0 Å². The van der Waals surface area contributed by atoms with Gasteiger partial charge in [-0.15, -0.1) is 11.3 Å². The monoisotopic (exact) mass is 260 g/mol. The van der Waals surface area contributed by atoms with E-state index >= 15 is 0 Å². The fourth-order valence-electron chi connectivity index (χ4n) is 1.17. The Kier molecular flexibility index (Phi) is 3.02. The van der Waals surface area contributed by atoms with Crippen LogP contribution in [0.3, 0.4) is 0 Å². The average molecular weight is 261 g/mol. The van der Waals surface area contributed by atoms with Crippen LogP contribution in [0.15, 0.2) is 6.07 Å². The molecule has 0 saturated heterocycles. The molecular weight excluding hydrogens is 255 g/mol. The highest BCUT2D eigenvalue weighted by Gasteiger charge is 2.15. The van der Waals surface area contributed by atoms with E-state index in [9.17, 15) is 9.18 Å². The fourth-order valence-corrected chi connectivity index (χ4v) is 2.35. The highest BCUT2D eigenvalue weighted by molar-refractivity contribution is 7.20. The zero-order valence-electron chi connectivity index (χ0n) is 8.16. The normalized spacial score (nSPS) is 10.7. The first kappa shape index (κ1) is 11.2. The number of carbonyl (C=O) groups excluding carboxylic acids is 1. The number of hydrogen-bond acceptors (Lipinski definition) is 5. The van der Waals surface area contributed by atoms with Crippen LogP contribution in [-0.2, 0) is 4.74 Å². The third-order valence-electron chi connectivity index (χ3n) is 1.80. The fraction of sp³-hybridized carbons (Fsp3) is 0.222. The average Bonchev–Trinajstić information content (AvgIpc) is 2.62. The number of hydrogen-bond donors (Lipinski definition) is 0. The standard InChI is InChI=1S/C9H6ClFN2O2S/c1-2-15-8(14)5-3-4-6(10)12-9(11)13-7(4)16-5/h3H,2H2,1H3. The Morgan fingerprint density at radius 2 is 2.38 bits per heavy atom.